The Balaban J connectivity index is 1.89. The lowest BCUT2D eigenvalue weighted by molar-refractivity contribution is 0.0947. The number of hydrogen-bond acceptors (Lipinski definition) is 4. The average molecular weight is 362 g/mol. The van der Waals surface area contributed by atoms with E-state index in [0.717, 1.165) is 11.4 Å². The van der Waals surface area contributed by atoms with Crippen molar-refractivity contribution in [2.24, 2.45) is 5.10 Å². The van der Waals surface area contributed by atoms with Crippen LogP contribution in [0.4, 0.5) is 0 Å². The molecule has 1 heterocycles. The number of benzene rings is 2. The second-order valence-corrected chi connectivity index (χ2v) is 7.17. The maximum Gasteiger partial charge on any atom is 0.290 e. The zero-order chi connectivity index (χ0) is 19.4. The molecule has 0 unspecified atom stereocenters. The van der Waals surface area contributed by atoms with Crippen LogP contribution in [0.3, 0.4) is 0 Å². The summed E-state index contributed by atoms with van der Waals surface area (Å²) in [5, 5.41) is 18.3. The molecular formula is C21H22N4O2. The minimum absolute atomic E-state index is 0.0971. The molecule has 6 heteroatoms. The van der Waals surface area contributed by atoms with Gasteiger partial charge in [0, 0.05) is 11.0 Å². The van der Waals surface area contributed by atoms with E-state index in [2.05, 4.69) is 15.6 Å². The standard InChI is InChI=1S/C21H22N4O2/c1-21(2,3)19-13-17(25(24-19)16-10-5-4-6-11-16)20(27)23-22-14-15-9-7-8-12-18(15)26/h4-14,26H,1-3H3,(H,23,27)/b22-14+. The first-order valence-corrected chi connectivity index (χ1v) is 8.63. The largest absolute Gasteiger partial charge is 0.507 e. The van der Waals surface area contributed by atoms with E-state index in [1.807, 2.05) is 51.1 Å². The third-order valence-corrected chi connectivity index (χ3v) is 4.02. The first kappa shape index (κ1) is 18.4. The summed E-state index contributed by atoms with van der Waals surface area (Å²) in [4.78, 5) is 12.7. The molecule has 0 aliphatic heterocycles. The zero-order valence-electron chi connectivity index (χ0n) is 15.5. The number of nitrogens with one attached hydrogen (secondary N) is 1. The fourth-order valence-electron chi connectivity index (χ4n) is 2.49. The fraction of sp³-hybridized carbons (Fsp3) is 0.190. The van der Waals surface area contributed by atoms with Gasteiger partial charge in [0.15, 0.2) is 0 Å². The van der Waals surface area contributed by atoms with Gasteiger partial charge in [0.1, 0.15) is 11.4 Å². The second-order valence-electron chi connectivity index (χ2n) is 7.17. The molecule has 27 heavy (non-hydrogen) atoms. The predicted molar refractivity (Wildman–Crippen MR) is 105 cm³/mol. The molecule has 138 valence electrons. The smallest absolute Gasteiger partial charge is 0.290 e. The van der Waals surface area contributed by atoms with Gasteiger partial charge in [-0.15, -0.1) is 0 Å². The molecule has 0 saturated carbocycles. The van der Waals surface area contributed by atoms with E-state index in [1.165, 1.54) is 6.21 Å². The number of aromatic nitrogens is 2. The van der Waals surface area contributed by atoms with Crippen LogP contribution in [0.1, 0.15) is 42.5 Å². The van der Waals surface area contributed by atoms with Crippen LogP contribution < -0.4 is 5.43 Å². The van der Waals surface area contributed by atoms with Crippen LogP contribution >= 0.6 is 0 Å². The van der Waals surface area contributed by atoms with Crippen molar-refractivity contribution in [2.45, 2.75) is 26.2 Å². The maximum atomic E-state index is 12.7. The lowest BCUT2D eigenvalue weighted by Crippen LogP contribution is -2.21. The van der Waals surface area contributed by atoms with Gasteiger partial charge in [-0.1, -0.05) is 51.1 Å². The van der Waals surface area contributed by atoms with Crippen molar-refractivity contribution in [3.8, 4) is 11.4 Å². The number of phenolic OH excluding ortho intramolecular Hbond substituents is 1. The summed E-state index contributed by atoms with van der Waals surface area (Å²) in [6.07, 6.45) is 1.40. The average Bonchev–Trinajstić information content (AvgIpc) is 3.10. The van der Waals surface area contributed by atoms with E-state index >= 15 is 0 Å². The Kier molecular flexibility index (Phi) is 5.07. The molecule has 6 nitrogen and oxygen atoms in total. The van der Waals surface area contributed by atoms with Gasteiger partial charge in [-0.25, -0.2) is 10.1 Å². The van der Waals surface area contributed by atoms with Gasteiger partial charge in [0.25, 0.3) is 5.91 Å². The summed E-state index contributed by atoms with van der Waals surface area (Å²) in [5.74, 6) is -0.284. The van der Waals surface area contributed by atoms with Crippen LogP contribution in [0.5, 0.6) is 5.75 Å². The normalized spacial score (nSPS) is 11.7. The Morgan fingerprint density at radius 3 is 2.44 bits per heavy atom. The molecule has 0 fully saturated rings. The first-order chi connectivity index (χ1) is 12.9. The van der Waals surface area contributed by atoms with Crippen molar-refractivity contribution < 1.29 is 9.90 Å². The minimum Gasteiger partial charge on any atom is -0.507 e. The maximum absolute atomic E-state index is 12.7. The van der Waals surface area contributed by atoms with Crippen LogP contribution in [0, 0.1) is 0 Å². The molecule has 1 aromatic heterocycles. The molecule has 0 aliphatic rings. The van der Waals surface area contributed by atoms with Gasteiger partial charge in [-0.05, 0) is 30.3 Å². The lowest BCUT2D eigenvalue weighted by Gasteiger charge is -2.14. The van der Waals surface area contributed by atoms with Crippen molar-refractivity contribution in [3.05, 3.63) is 77.6 Å². The van der Waals surface area contributed by atoms with Gasteiger partial charge in [-0.3, -0.25) is 4.79 Å². The SMILES string of the molecule is CC(C)(C)c1cc(C(=O)N/N=C/c2ccccc2O)n(-c2ccccc2)n1. The van der Waals surface area contributed by atoms with Crippen molar-refractivity contribution in [1.82, 2.24) is 15.2 Å². The van der Waals surface area contributed by atoms with Gasteiger partial charge in [0.05, 0.1) is 17.6 Å². The zero-order valence-corrected chi connectivity index (χ0v) is 15.5. The number of carbonyl (C=O) groups excluding carboxylic acids is 1. The highest BCUT2D eigenvalue weighted by molar-refractivity contribution is 5.94. The van der Waals surface area contributed by atoms with Gasteiger partial charge in [-0.2, -0.15) is 10.2 Å². The number of amides is 1. The lowest BCUT2D eigenvalue weighted by atomic mass is 9.92. The molecule has 0 spiro atoms. The second kappa shape index (κ2) is 7.45. The Hall–Kier alpha value is -3.41. The number of nitrogens with zero attached hydrogens (tertiary/aromatic N) is 3. The van der Waals surface area contributed by atoms with Crippen LogP contribution in [-0.2, 0) is 5.41 Å². The number of para-hydroxylation sites is 2. The Labute approximate surface area is 158 Å². The van der Waals surface area contributed by atoms with Crippen LogP contribution in [0.25, 0.3) is 5.69 Å². The molecule has 3 aromatic rings. The highest BCUT2D eigenvalue weighted by Gasteiger charge is 2.23. The number of aromatic hydroxyl groups is 1. The van der Waals surface area contributed by atoms with E-state index < -0.39 is 0 Å². The molecule has 0 atom stereocenters. The molecule has 2 N–H and O–H groups in total. The van der Waals surface area contributed by atoms with Crippen molar-refractivity contribution in [2.75, 3.05) is 0 Å². The van der Waals surface area contributed by atoms with Gasteiger partial charge in [0.2, 0.25) is 0 Å². The van der Waals surface area contributed by atoms with Crippen LogP contribution in [0.2, 0.25) is 0 Å². The molecule has 0 saturated heterocycles. The monoisotopic (exact) mass is 362 g/mol. The van der Waals surface area contributed by atoms with E-state index in [9.17, 15) is 9.90 Å². The summed E-state index contributed by atoms with van der Waals surface area (Å²) < 4.78 is 1.62. The van der Waals surface area contributed by atoms with Crippen LogP contribution in [0.15, 0.2) is 65.8 Å². The molecule has 2 aromatic carbocycles. The van der Waals surface area contributed by atoms with Gasteiger partial charge < -0.3 is 5.11 Å². The third-order valence-electron chi connectivity index (χ3n) is 4.02. The summed E-state index contributed by atoms with van der Waals surface area (Å²) >= 11 is 0. The topological polar surface area (TPSA) is 79.5 Å². The highest BCUT2D eigenvalue weighted by Crippen LogP contribution is 2.23. The molecule has 3 rings (SSSR count). The molecule has 0 aliphatic carbocycles. The third kappa shape index (κ3) is 4.23. The highest BCUT2D eigenvalue weighted by atomic mass is 16.3. The fourth-order valence-corrected chi connectivity index (χ4v) is 2.49. The minimum atomic E-state index is -0.381. The Morgan fingerprint density at radius 1 is 1.11 bits per heavy atom. The molecule has 0 radical (unpaired) electrons. The van der Waals surface area contributed by atoms with E-state index in [1.54, 1.807) is 35.0 Å². The number of phenols is 1. The quantitative estimate of drug-likeness (QED) is 0.549. The van der Waals surface area contributed by atoms with Crippen molar-refractivity contribution in [3.63, 3.8) is 0 Å². The van der Waals surface area contributed by atoms with E-state index in [4.69, 9.17) is 0 Å². The van der Waals surface area contributed by atoms with Crippen molar-refractivity contribution in [1.29, 1.82) is 0 Å². The summed E-state index contributed by atoms with van der Waals surface area (Å²) in [6.45, 7) is 6.13. The number of rotatable bonds is 4. The molecular weight excluding hydrogens is 340 g/mol. The Bertz CT molecular complexity index is 969. The van der Waals surface area contributed by atoms with Gasteiger partial charge >= 0.3 is 0 Å². The number of carbonyl (C=O) groups is 1. The first-order valence-electron chi connectivity index (χ1n) is 8.63. The summed E-state index contributed by atoms with van der Waals surface area (Å²) in [6, 6.07) is 18.0. The number of hydrazone groups is 1. The predicted octanol–water partition coefficient (Wildman–Crippen LogP) is 3.64. The summed E-state index contributed by atoms with van der Waals surface area (Å²) in [5.41, 5.74) is 4.82. The van der Waals surface area contributed by atoms with E-state index in [-0.39, 0.29) is 17.1 Å². The Morgan fingerprint density at radius 2 is 1.78 bits per heavy atom. The van der Waals surface area contributed by atoms with E-state index in [0.29, 0.717) is 11.3 Å². The summed E-state index contributed by atoms with van der Waals surface area (Å²) in [7, 11) is 0. The van der Waals surface area contributed by atoms with Crippen molar-refractivity contribution >= 4 is 12.1 Å². The van der Waals surface area contributed by atoms with Crippen LogP contribution in [-0.4, -0.2) is 27.0 Å². The molecule has 1 amide bonds. The number of hydrogen-bond donors (Lipinski definition) is 2. The molecule has 0 bridgehead atoms.